The molecule has 0 atom stereocenters. The number of hydrogen-bond donors (Lipinski definition) is 0. The molecule has 2 aromatic heterocycles. The van der Waals surface area contributed by atoms with Gasteiger partial charge in [0.25, 0.3) is 0 Å². The molecule has 1 aromatic carbocycles. The molecule has 0 fully saturated rings. The van der Waals surface area contributed by atoms with Crippen molar-refractivity contribution >= 4 is 16.8 Å². The number of rotatable bonds is 5. The van der Waals surface area contributed by atoms with Crippen molar-refractivity contribution in [1.29, 1.82) is 5.26 Å². The van der Waals surface area contributed by atoms with Crippen LogP contribution in [0.3, 0.4) is 0 Å². The van der Waals surface area contributed by atoms with E-state index in [-0.39, 0.29) is 5.56 Å². The van der Waals surface area contributed by atoms with Gasteiger partial charge in [-0.15, -0.1) is 0 Å². The highest BCUT2D eigenvalue weighted by molar-refractivity contribution is 5.91. The fourth-order valence-corrected chi connectivity index (χ4v) is 4.00. The fraction of sp³-hybridized carbons (Fsp3) is 0.148. The van der Waals surface area contributed by atoms with Gasteiger partial charge >= 0.3 is 0 Å². The van der Waals surface area contributed by atoms with Crippen LogP contribution in [0.4, 0.5) is 10.1 Å². The van der Waals surface area contributed by atoms with Gasteiger partial charge in [-0.1, -0.05) is 30.9 Å². The summed E-state index contributed by atoms with van der Waals surface area (Å²) < 4.78 is 14.3. The van der Waals surface area contributed by atoms with E-state index in [9.17, 15) is 9.65 Å². The van der Waals surface area contributed by atoms with E-state index in [1.807, 2.05) is 50.5 Å². The second-order valence-corrected chi connectivity index (χ2v) is 7.67. The number of aryl methyl sites for hydroxylation is 2. The average molecular weight is 423 g/mol. The lowest BCUT2D eigenvalue weighted by Crippen LogP contribution is -2.22. The van der Waals surface area contributed by atoms with Gasteiger partial charge in [-0.3, -0.25) is 9.97 Å². The Morgan fingerprint density at radius 2 is 2.00 bits per heavy atom. The van der Waals surface area contributed by atoms with Crippen LogP contribution < -0.4 is 4.90 Å². The van der Waals surface area contributed by atoms with Crippen molar-refractivity contribution in [2.45, 2.75) is 19.8 Å². The summed E-state index contributed by atoms with van der Waals surface area (Å²) in [5.41, 5.74) is 7.16. The van der Waals surface area contributed by atoms with Crippen molar-refractivity contribution < 1.29 is 4.39 Å². The summed E-state index contributed by atoms with van der Waals surface area (Å²) >= 11 is 0. The molecule has 0 N–H and O–H groups in total. The number of nitriles is 1. The quantitative estimate of drug-likeness (QED) is 0.483. The van der Waals surface area contributed by atoms with E-state index in [0.29, 0.717) is 11.1 Å². The Labute approximate surface area is 187 Å². The van der Waals surface area contributed by atoms with Gasteiger partial charge in [-0.05, 0) is 61.2 Å². The Hall–Kier alpha value is -4.04. The minimum absolute atomic E-state index is 0.00828. The average Bonchev–Trinajstić information content (AvgIpc) is 2.82. The highest BCUT2D eigenvalue weighted by Gasteiger charge is 2.23. The number of pyridine rings is 2. The molecule has 1 aliphatic carbocycles. The second-order valence-electron chi connectivity index (χ2n) is 7.67. The molecular weight excluding hydrogens is 399 g/mol. The number of anilines is 1. The summed E-state index contributed by atoms with van der Waals surface area (Å²) in [6.45, 7) is 5.89. The van der Waals surface area contributed by atoms with E-state index in [4.69, 9.17) is 0 Å². The Morgan fingerprint density at radius 1 is 1.16 bits per heavy atom. The van der Waals surface area contributed by atoms with Gasteiger partial charge in [-0.2, -0.15) is 5.26 Å². The summed E-state index contributed by atoms with van der Waals surface area (Å²) in [6, 6.07) is 14.7. The maximum atomic E-state index is 14.3. The maximum Gasteiger partial charge on any atom is 0.141 e. The Kier molecular flexibility index (Phi) is 5.96. The van der Waals surface area contributed by atoms with Crippen LogP contribution in [0, 0.1) is 24.1 Å². The lowest BCUT2D eigenvalue weighted by molar-refractivity contribution is 0.623. The molecule has 4 rings (SSSR count). The molecular formula is C27H23FN4. The van der Waals surface area contributed by atoms with Crippen LogP contribution >= 0.6 is 0 Å². The van der Waals surface area contributed by atoms with Crippen molar-refractivity contribution in [3.63, 3.8) is 0 Å². The number of nitrogens with zero attached hydrogens (tertiary/aromatic N) is 4. The third-order valence-electron chi connectivity index (χ3n) is 5.73. The van der Waals surface area contributed by atoms with E-state index in [2.05, 4.69) is 27.5 Å². The third kappa shape index (κ3) is 3.95. The lowest BCUT2D eigenvalue weighted by atomic mass is 9.89. The number of halogens is 1. The predicted octanol–water partition coefficient (Wildman–Crippen LogP) is 5.86. The normalized spacial score (nSPS) is 13.4. The molecule has 0 unspecified atom stereocenters. The molecule has 158 valence electrons. The molecule has 1 aliphatic rings. The Balaban J connectivity index is 1.93. The summed E-state index contributed by atoms with van der Waals surface area (Å²) in [5, 5.41) is 9.53. The van der Waals surface area contributed by atoms with Crippen LogP contribution in [0.25, 0.3) is 11.1 Å². The topological polar surface area (TPSA) is 52.8 Å². The van der Waals surface area contributed by atoms with E-state index >= 15 is 0 Å². The summed E-state index contributed by atoms with van der Waals surface area (Å²) in [6.07, 6.45) is 8.93. The molecule has 2 heterocycles. The van der Waals surface area contributed by atoms with E-state index in [1.165, 1.54) is 6.07 Å². The third-order valence-corrected chi connectivity index (χ3v) is 5.73. The van der Waals surface area contributed by atoms with E-state index in [0.717, 1.165) is 46.8 Å². The fourth-order valence-electron chi connectivity index (χ4n) is 4.00. The second kappa shape index (κ2) is 8.99. The van der Waals surface area contributed by atoms with Gasteiger partial charge in [0.1, 0.15) is 11.9 Å². The number of aromatic nitrogens is 2. The van der Waals surface area contributed by atoms with Crippen LogP contribution in [0.1, 0.15) is 34.5 Å². The first-order valence-corrected chi connectivity index (χ1v) is 10.4. The first-order valence-electron chi connectivity index (χ1n) is 10.4. The van der Waals surface area contributed by atoms with Gasteiger partial charge in [0.15, 0.2) is 0 Å². The number of allylic oxidation sites excluding steroid dienone is 5. The summed E-state index contributed by atoms with van der Waals surface area (Å²) in [7, 11) is 2.01. The van der Waals surface area contributed by atoms with Crippen molar-refractivity contribution in [3.05, 3.63) is 113 Å². The highest BCUT2D eigenvalue weighted by Crippen LogP contribution is 2.36. The maximum absolute atomic E-state index is 14.3. The zero-order chi connectivity index (χ0) is 22.7. The lowest BCUT2D eigenvalue weighted by Gasteiger charge is -2.29. The first-order chi connectivity index (χ1) is 15.5. The first kappa shape index (κ1) is 21.2. The van der Waals surface area contributed by atoms with Gasteiger partial charge < -0.3 is 4.90 Å². The molecule has 0 saturated heterocycles. The highest BCUT2D eigenvalue weighted by atomic mass is 19.1. The van der Waals surface area contributed by atoms with Gasteiger partial charge in [0.05, 0.1) is 23.1 Å². The van der Waals surface area contributed by atoms with Gasteiger partial charge in [0, 0.05) is 35.8 Å². The van der Waals surface area contributed by atoms with Crippen LogP contribution in [-0.4, -0.2) is 17.0 Å². The molecule has 0 aliphatic heterocycles. The zero-order valence-electron chi connectivity index (χ0n) is 18.1. The van der Waals surface area contributed by atoms with E-state index in [1.54, 1.807) is 24.4 Å². The Bertz CT molecular complexity index is 1280. The molecule has 0 bridgehead atoms. The predicted molar refractivity (Wildman–Crippen MR) is 126 cm³/mol. The smallest absolute Gasteiger partial charge is 0.141 e. The van der Waals surface area contributed by atoms with Crippen LogP contribution in [0.5, 0.6) is 0 Å². The standard InChI is InChI=1S/C27H23FN4/c1-4-19(22-8-5-9-25(28)24(22)16-29)15-23-26(13-11-20-7-6-14-30-27(20)23)32(3)21-12-10-18(2)31-17-21/h4-10,12,14-15,17H,1,11,13H2,2-3H3/b19-15+. The molecule has 0 amide bonds. The summed E-state index contributed by atoms with van der Waals surface area (Å²) in [5.74, 6) is -0.544. The van der Waals surface area contributed by atoms with Crippen molar-refractivity contribution in [1.82, 2.24) is 9.97 Å². The van der Waals surface area contributed by atoms with Gasteiger partial charge in [-0.25, -0.2) is 4.39 Å². The monoisotopic (exact) mass is 422 g/mol. The minimum Gasteiger partial charge on any atom is -0.346 e. The zero-order valence-corrected chi connectivity index (χ0v) is 18.1. The van der Waals surface area contributed by atoms with Crippen molar-refractivity contribution in [2.75, 3.05) is 11.9 Å². The molecule has 5 heteroatoms. The molecule has 4 nitrogen and oxygen atoms in total. The SMILES string of the molecule is C=C/C(=C\C1=C(N(C)c2ccc(C)nc2)CCc2cccnc21)c1cccc(F)c1C#N. The molecule has 0 spiro atoms. The molecule has 0 radical (unpaired) electrons. The van der Waals surface area contributed by atoms with Crippen LogP contribution in [0.15, 0.2) is 79.3 Å². The summed E-state index contributed by atoms with van der Waals surface area (Å²) in [4.78, 5) is 11.2. The molecule has 32 heavy (non-hydrogen) atoms. The molecule has 0 saturated carbocycles. The molecule has 3 aromatic rings. The number of hydrogen-bond acceptors (Lipinski definition) is 4. The van der Waals surface area contributed by atoms with E-state index < -0.39 is 5.82 Å². The van der Waals surface area contributed by atoms with Crippen molar-refractivity contribution in [2.24, 2.45) is 0 Å². The Morgan fingerprint density at radius 3 is 2.72 bits per heavy atom. The number of fused-ring (bicyclic) bond motifs is 1. The van der Waals surface area contributed by atoms with Gasteiger partial charge in [0.2, 0.25) is 0 Å². The minimum atomic E-state index is -0.544. The number of benzene rings is 1. The van der Waals surface area contributed by atoms with Crippen LogP contribution in [0.2, 0.25) is 0 Å². The van der Waals surface area contributed by atoms with Crippen LogP contribution in [-0.2, 0) is 6.42 Å². The largest absolute Gasteiger partial charge is 0.346 e. The van der Waals surface area contributed by atoms with Crippen molar-refractivity contribution in [3.8, 4) is 6.07 Å².